The lowest BCUT2D eigenvalue weighted by Gasteiger charge is -2.11. The van der Waals surface area contributed by atoms with E-state index in [0.29, 0.717) is 17.1 Å². The third-order valence-corrected chi connectivity index (χ3v) is 4.33. The van der Waals surface area contributed by atoms with Gasteiger partial charge in [0.2, 0.25) is 0 Å². The minimum absolute atomic E-state index is 0.311. The molecule has 0 spiro atoms. The molecule has 0 saturated carbocycles. The van der Waals surface area contributed by atoms with Crippen molar-refractivity contribution in [2.75, 3.05) is 30.0 Å². The van der Waals surface area contributed by atoms with E-state index in [1.165, 1.54) is 0 Å². The number of hydrogen-bond donors (Lipinski definition) is 3. The molecule has 1 aromatic carbocycles. The summed E-state index contributed by atoms with van der Waals surface area (Å²) < 4.78 is 0. The van der Waals surface area contributed by atoms with Gasteiger partial charge in [-0.15, -0.1) is 0 Å². The fourth-order valence-electron chi connectivity index (χ4n) is 2.90. The third kappa shape index (κ3) is 3.35. The van der Waals surface area contributed by atoms with E-state index < -0.39 is 0 Å². The van der Waals surface area contributed by atoms with Gasteiger partial charge in [0.05, 0.1) is 23.1 Å². The van der Waals surface area contributed by atoms with Crippen LogP contribution in [0.15, 0.2) is 55.0 Å². The van der Waals surface area contributed by atoms with E-state index in [0.717, 1.165) is 27.8 Å². The fraction of sp³-hybridized carbons (Fsp3) is 0.100. The van der Waals surface area contributed by atoms with Gasteiger partial charge in [0.1, 0.15) is 5.82 Å². The molecule has 1 amide bonds. The zero-order chi connectivity index (χ0) is 19.7. The van der Waals surface area contributed by atoms with Crippen LogP contribution < -0.4 is 16.0 Å². The number of H-pyrrole nitrogens is 1. The second-order valence-corrected chi connectivity index (χ2v) is 6.59. The highest BCUT2D eigenvalue weighted by Crippen LogP contribution is 2.26. The average Bonchev–Trinajstić information content (AvgIpc) is 3.11. The number of nitrogens with two attached hydrogens (primary N) is 1. The predicted molar refractivity (Wildman–Crippen MR) is 110 cm³/mol. The summed E-state index contributed by atoms with van der Waals surface area (Å²) in [5.74, 6) is 0.497. The normalized spacial score (nSPS) is 10.8. The Kier molecular flexibility index (Phi) is 4.36. The number of nitrogen functional groups attached to an aromatic ring is 1. The van der Waals surface area contributed by atoms with Gasteiger partial charge in [0.15, 0.2) is 5.69 Å². The molecule has 4 N–H and O–H groups in total. The average molecular weight is 373 g/mol. The summed E-state index contributed by atoms with van der Waals surface area (Å²) in [6, 6.07) is 11.2. The van der Waals surface area contributed by atoms with Gasteiger partial charge in [-0.2, -0.15) is 5.10 Å². The Hall–Kier alpha value is -3.94. The summed E-state index contributed by atoms with van der Waals surface area (Å²) in [5, 5.41) is 10.6. The van der Waals surface area contributed by atoms with Crippen LogP contribution in [0.1, 0.15) is 10.5 Å². The molecule has 0 atom stereocenters. The number of aromatic amines is 1. The molecule has 0 aliphatic heterocycles. The second kappa shape index (κ2) is 6.99. The number of pyridine rings is 2. The van der Waals surface area contributed by atoms with Gasteiger partial charge in [-0.1, -0.05) is 6.07 Å². The van der Waals surface area contributed by atoms with Crippen molar-refractivity contribution in [2.45, 2.75) is 0 Å². The molecular formula is C20H19N7O. The molecule has 0 bridgehead atoms. The Labute approximate surface area is 161 Å². The zero-order valence-corrected chi connectivity index (χ0v) is 15.5. The first-order chi connectivity index (χ1) is 13.5. The highest BCUT2D eigenvalue weighted by atomic mass is 16.1. The Balaban J connectivity index is 1.64. The van der Waals surface area contributed by atoms with E-state index in [9.17, 15) is 4.79 Å². The lowest BCUT2D eigenvalue weighted by atomic mass is 10.0. The molecule has 4 aromatic rings. The van der Waals surface area contributed by atoms with Crippen LogP contribution in [-0.2, 0) is 0 Å². The summed E-state index contributed by atoms with van der Waals surface area (Å²) >= 11 is 0. The molecule has 0 saturated heterocycles. The largest absolute Gasteiger partial charge is 0.397 e. The standard InChI is InChI=1S/C20H19N7O/c1-27(2)18-6-4-15(11-23-18)24-20(28)19-16-8-12(3-5-17(16)25-26-19)13-7-14(21)10-22-9-13/h3-11H,21H2,1-2H3,(H,24,28)(H,25,26). The first-order valence-electron chi connectivity index (χ1n) is 8.65. The van der Waals surface area contributed by atoms with E-state index >= 15 is 0 Å². The zero-order valence-electron chi connectivity index (χ0n) is 15.5. The smallest absolute Gasteiger partial charge is 0.276 e. The number of nitrogens with one attached hydrogen (secondary N) is 2. The summed E-state index contributed by atoms with van der Waals surface area (Å²) in [4.78, 5) is 23.1. The molecule has 3 aromatic heterocycles. The van der Waals surface area contributed by atoms with E-state index in [2.05, 4.69) is 25.5 Å². The fourth-order valence-corrected chi connectivity index (χ4v) is 2.90. The molecule has 8 heteroatoms. The van der Waals surface area contributed by atoms with Crippen LogP contribution in [0, 0.1) is 0 Å². The lowest BCUT2D eigenvalue weighted by molar-refractivity contribution is 0.102. The molecule has 8 nitrogen and oxygen atoms in total. The second-order valence-electron chi connectivity index (χ2n) is 6.59. The number of benzene rings is 1. The SMILES string of the molecule is CN(C)c1ccc(NC(=O)c2n[nH]c3ccc(-c4cncc(N)c4)cc23)cn1. The van der Waals surface area contributed by atoms with Crippen LogP contribution >= 0.6 is 0 Å². The Morgan fingerprint density at radius 3 is 2.64 bits per heavy atom. The molecule has 0 aliphatic carbocycles. The monoisotopic (exact) mass is 373 g/mol. The number of amides is 1. The number of carbonyl (C=O) groups is 1. The van der Waals surface area contributed by atoms with E-state index in [1.807, 2.05) is 49.3 Å². The topological polar surface area (TPSA) is 113 Å². The van der Waals surface area contributed by atoms with Crippen molar-refractivity contribution in [3.05, 3.63) is 60.7 Å². The van der Waals surface area contributed by atoms with Crippen molar-refractivity contribution in [2.24, 2.45) is 0 Å². The molecule has 28 heavy (non-hydrogen) atoms. The van der Waals surface area contributed by atoms with Crippen molar-refractivity contribution in [1.29, 1.82) is 0 Å². The molecule has 0 unspecified atom stereocenters. The lowest BCUT2D eigenvalue weighted by Crippen LogP contribution is -2.14. The first kappa shape index (κ1) is 17.5. The summed E-state index contributed by atoms with van der Waals surface area (Å²) in [7, 11) is 3.81. The van der Waals surface area contributed by atoms with Crippen LogP contribution in [0.2, 0.25) is 0 Å². The van der Waals surface area contributed by atoms with Gasteiger partial charge < -0.3 is 16.0 Å². The van der Waals surface area contributed by atoms with E-state index in [-0.39, 0.29) is 5.91 Å². The number of rotatable bonds is 4. The Bertz CT molecular complexity index is 1150. The minimum Gasteiger partial charge on any atom is -0.397 e. The maximum atomic E-state index is 12.7. The molecule has 0 aliphatic rings. The van der Waals surface area contributed by atoms with Gasteiger partial charge in [-0.3, -0.25) is 14.9 Å². The maximum absolute atomic E-state index is 12.7. The number of anilines is 3. The van der Waals surface area contributed by atoms with Crippen LogP contribution in [0.4, 0.5) is 17.2 Å². The maximum Gasteiger partial charge on any atom is 0.276 e. The molecule has 0 radical (unpaired) electrons. The number of nitrogens with zero attached hydrogens (tertiary/aromatic N) is 4. The molecular weight excluding hydrogens is 354 g/mol. The quantitative estimate of drug-likeness (QED) is 0.507. The van der Waals surface area contributed by atoms with Gasteiger partial charge in [-0.05, 0) is 35.9 Å². The number of carbonyl (C=O) groups excluding carboxylic acids is 1. The van der Waals surface area contributed by atoms with Crippen LogP contribution in [0.25, 0.3) is 22.0 Å². The van der Waals surface area contributed by atoms with Crippen molar-refractivity contribution in [3.63, 3.8) is 0 Å². The molecule has 0 fully saturated rings. The van der Waals surface area contributed by atoms with Crippen molar-refractivity contribution >= 4 is 34.0 Å². The Morgan fingerprint density at radius 1 is 1.07 bits per heavy atom. The van der Waals surface area contributed by atoms with Crippen LogP contribution in [0.5, 0.6) is 0 Å². The third-order valence-electron chi connectivity index (χ3n) is 4.33. The predicted octanol–water partition coefficient (Wildman–Crippen LogP) is 2.92. The van der Waals surface area contributed by atoms with Crippen LogP contribution in [-0.4, -0.2) is 40.2 Å². The summed E-state index contributed by atoms with van der Waals surface area (Å²) in [6.45, 7) is 0. The molecule has 140 valence electrons. The molecule has 3 heterocycles. The highest BCUT2D eigenvalue weighted by Gasteiger charge is 2.15. The van der Waals surface area contributed by atoms with Crippen molar-refractivity contribution < 1.29 is 4.79 Å². The van der Waals surface area contributed by atoms with E-state index in [4.69, 9.17) is 5.73 Å². The van der Waals surface area contributed by atoms with Crippen molar-refractivity contribution in [3.8, 4) is 11.1 Å². The highest BCUT2D eigenvalue weighted by molar-refractivity contribution is 6.11. The Morgan fingerprint density at radius 2 is 1.93 bits per heavy atom. The van der Waals surface area contributed by atoms with Gasteiger partial charge >= 0.3 is 0 Å². The van der Waals surface area contributed by atoms with Gasteiger partial charge in [0.25, 0.3) is 5.91 Å². The summed E-state index contributed by atoms with van der Waals surface area (Å²) in [6.07, 6.45) is 4.94. The van der Waals surface area contributed by atoms with Gasteiger partial charge in [-0.25, -0.2) is 4.98 Å². The van der Waals surface area contributed by atoms with Crippen LogP contribution in [0.3, 0.4) is 0 Å². The number of aromatic nitrogens is 4. The van der Waals surface area contributed by atoms with Crippen molar-refractivity contribution in [1.82, 2.24) is 20.2 Å². The number of fused-ring (bicyclic) bond motifs is 1. The van der Waals surface area contributed by atoms with Gasteiger partial charge in [0, 0.05) is 37.4 Å². The first-order valence-corrected chi connectivity index (χ1v) is 8.65. The molecule has 4 rings (SSSR count). The summed E-state index contributed by atoms with van der Waals surface area (Å²) in [5.41, 5.74) is 9.86. The number of hydrogen-bond acceptors (Lipinski definition) is 6. The van der Waals surface area contributed by atoms with E-state index in [1.54, 1.807) is 24.7 Å². The minimum atomic E-state index is -0.312.